The van der Waals surface area contributed by atoms with Crippen LogP contribution in [0, 0.1) is 11.3 Å². The number of nitrogens with one attached hydrogen (secondary N) is 2. The maximum Gasteiger partial charge on any atom is 0.250 e. The molecule has 0 radical (unpaired) electrons. The van der Waals surface area contributed by atoms with E-state index < -0.39 is 18.2 Å². The van der Waals surface area contributed by atoms with Crippen molar-refractivity contribution in [3.8, 4) is 6.07 Å². The number of carbonyl (C=O) groups excluding carboxylic acids is 2. The second kappa shape index (κ2) is 10.8. The van der Waals surface area contributed by atoms with Gasteiger partial charge < -0.3 is 15.4 Å². The molecule has 0 saturated heterocycles. The molecular weight excluding hydrogens is 446 g/mol. The SMILES string of the molecule is N#Cc1cccc(NC(=O)COCC(=O)Nc2ccc3nc(SCC(F)F)sc3c2)c1. The topological polar surface area (TPSA) is 104 Å². The number of hydrogen-bond donors (Lipinski definition) is 2. The van der Waals surface area contributed by atoms with Crippen molar-refractivity contribution in [2.75, 3.05) is 29.6 Å². The number of halogens is 2. The van der Waals surface area contributed by atoms with E-state index in [9.17, 15) is 18.4 Å². The molecule has 1 heterocycles. The van der Waals surface area contributed by atoms with Gasteiger partial charge in [-0.2, -0.15) is 5.26 Å². The van der Waals surface area contributed by atoms with Crippen LogP contribution in [-0.4, -0.2) is 42.2 Å². The van der Waals surface area contributed by atoms with Crippen molar-refractivity contribution in [2.45, 2.75) is 10.8 Å². The average Bonchev–Trinajstić information content (AvgIpc) is 3.14. The van der Waals surface area contributed by atoms with Gasteiger partial charge in [-0.25, -0.2) is 13.8 Å². The third kappa shape index (κ3) is 6.99. The Bertz CT molecular complexity index is 1130. The van der Waals surface area contributed by atoms with Gasteiger partial charge >= 0.3 is 0 Å². The van der Waals surface area contributed by atoms with Crippen LogP contribution in [0.15, 0.2) is 46.8 Å². The van der Waals surface area contributed by atoms with Gasteiger partial charge in [-0.1, -0.05) is 17.8 Å². The van der Waals surface area contributed by atoms with Gasteiger partial charge in [0.25, 0.3) is 0 Å². The number of alkyl halides is 2. The first-order chi connectivity index (χ1) is 14.9. The summed E-state index contributed by atoms with van der Waals surface area (Å²) in [5.41, 5.74) is 2.04. The van der Waals surface area contributed by atoms with E-state index in [1.165, 1.54) is 17.4 Å². The molecule has 2 amide bonds. The van der Waals surface area contributed by atoms with Gasteiger partial charge in [0.05, 0.1) is 27.6 Å². The van der Waals surface area contributed by atoms with E-state index in [-0.39, 0.29) is 19.0 Å². The quantitative estimate of drug-likeness (QED) is 0.464. The molecule has 0 aliphatic heterocycles. The van der Waals surface area contributed by atoms with Gasteiger partial charge in [0.2, 0.25) is 18.2 Å². The number of carbonyl (C=O) groups is 2. The van der Waals surface area contributed by atoms with Crippen molar-refractivity contribution in [3.05, 3.63) is 48.0 Å². The van der Waals surface area contributed by atoms with Crippen LogP contribution >= 0.6 is 23.1 Å². The van der Waals surface area contributed by atoms with Crippen molar-refractivity contribution in [1.29, 1.82) is 5.26 Å². The summed E-state index contributed by atoms with van der Waals surface area (Å²) in [6.45, 7) is -0.662. The monoisotopic (exact) mass is 462 g/mol. The van der Waals surface area contributed by atoms with E-state index in [1.807, 2.05) is 6.07 Å². The van der Waals surface area contributed by atoms with Crippen molar-refractivity contribution in [2.24, 2.45) is 0 Å². The van der Waals surface area contributed by atoms with Crippen molar-refractivity contribution >= 4 is 56.5 Å². The van der Waals surface area contributed by atoms with E-state index in [4.69, 9.17) is 10.00 Å². The molecule has 0 fully saturated rings. The Morgan fingerprint density at radius 1 is 1.13 bits per heavy atom. The van der Waals surface area contributed by atoms with Gasteiger partial charge in [0.1, 0.15) is 13.2 Å². The highest BCUT2D eigenvalue weighted by atomic mass is 32.2. The fraction of sp³-hybridized carbons (Fsp3) is 0.200. The highest BCUT2D eigenvalue weighted by molar-refractivity contribution is 8.01. The third-order valence-corrected chi connectivity index (χ3v) is 5.90. The standard InChI is InChI=1S/C20H16F2N4O3S2/c21-17(22)11-30-20-26-15-5-4-14(7-16(15)31-20)25-19(28)10-29-9-18(27)24-13-3-1-2-12(6-13)8-23/h1-7,17H,9-11H2,(H,24,27)(H,25,28). The molecule has 2 aromatic carbocycles. The lowest BCUT2D eigenvalue weighted by Gasteiger charge is -2.07. The number of thioether (sulfide) groups is 1. The molecule has 0 saturated carbocycles. The minimum atomic E-state index is -2.41. The Labute approximate surface area is 184 Å². The van der Waals surface area contributed by atoms with Gasteiger partial charge in [0, 0.05) is 11.4 Å². The summed E-state index contributed by atoms with van der Waals surface area (Å²) in [6, 6.07) is 13.4. The van der Waals surface area contributed by atoms with Crippen LogP contribution in [0.25, 0.3) is 10.2 Å². The van der Waals surface area contributed by atoms with E-state index in [0.29, 0.717) is 26.8 Å². The summed E-state index contributed by atoms with van der Waals surface area (Å²) in [6.07, 6.45) is -2.41. The molecule has 1 aromatic heterocycles. The third-order valence-electron chi connectivity index (χ3n) is 3.73. The molecule has 3 aromatic rings. The van der Waals surface area contributed by atoms with Crippen molar-refractivity contribution < 1.29 is 23.1 Å². The molecule has 160 valence electrons. The van der Waals surface area contributed by atoms with Gasteiger partial charge in [-0.3, -0.25) is 9.59 Å². The van der Waals surface area contributed by atoms with Crippen molar-refractivity contribution in [3.63, 3.8) is 0 Å². The van der Waals surface area contributed by atoms with Crippen LogP contribution in [-0.2, 0) is 14.3 Å². The number of anilines is 2. The normalized spacial score (nSPS) is 10.8. The maximum absolute atomic E-state index is 12.3. The molecule has 2 N–H and O–H groups in total. The average molecular weight is 463 g/mol. The zero-order valence-corrected chi connectivity index (χ0v) is 17.6. The smallest absolute Gasteiger partial charge is 0.250 e. The molecule has 0 unspecified atom stereocenters. The number of aromatic nitrogens is 1. The second-order valence-corrected chi connectivity index (χ2v) is 8.44. The Morgan fingerprint density at radius 3 is 2.52 bits per heavy atom. The largest absolute Gasteiger partial charge is 0.362 e. The highest BCUT2D eigenvalue weighted by Crippen LogP contribution is 2.31. The first-order valence-corrected chi connectivity index (χ1v) is 10.7. The number of ether oxygens (including phenoxy) is 1. The van der Waals surface area contributed by atoms with Crippen molar-refractivity contribution in [1.82, 2.24) is 4.98 Å². The molecule has 0 bridgehead atoms. The fourth-order valence-corrected chi connectivity index (χ4v) is 4.35. The Kier molecular flexibility index (Phi) is 7.88. The van der Waals surface area contributed by atoms with Gasteiger partial charge in [0.15, 0.2) is 4.34 Å². The van der Waals surface area contributed by atoms with E-state index in [1.54, 1.807) is 36.4 Å². The number of nitriles is 1. The predicted molar refractivity (Wildman–Crippen MR) is 116 cm³/mol. The summed E-state index contributed by atoms with van der Waals surface area (Å²) in [4.78, 5) is 28.2. The lowest BCUT2D eigenvalue weighted by molar-refractivity contribution is -0.125. The summed E-state index contributed by atoms with van der Waals surface area (Å²) in [7, 11) is 0. The Hall–Kier alpha value is -3.07. The van der Waals surface area contributed by atoms with Gasteiger partial charge in [-0.05, 0) is 36.4 Å². The molecule has 7 nitrogen and oxygen atoms in total. The Balaban J connectivity index is 1.46. The minimum Gasteiger partial charge on any atom is -0.362 e. The molecule has 11 heteroatoms. The van der Waals surface area contributed by atoms with Crippen LogP contribution in [0.3, 0.4) is 0 Å². The lowest BCUT2D eigenvalue weighted by atomic mass is 10.2. The molecule has 0 aliphatic rings. The van der Waals surface area contributed by atoms with Crippen LogP contribution in [0.5, 0.6) is 0 Å². The summed E-state index contributed by atoms with van der Waals surface area (Å²) in [5, 5.41) is 14.1. The number of hydrogen-bond acceptors (Lipinski definition) is 7. The number of amides is 2. The molecule has 0 spiro atoms. The number of nitrogens with zero attached hydrogens (tertiary/aromatic N) is 2. The zero-order valence-electron chi connectivity index (χ0n) is 15.9. The van der Waals surface area contributed by atoms with E-state index in [0.717, 1.165) is 16.5 Å². The van der Waals surface area contributed by atoms with Gasteiger partial charge in [-0.15, -0.1) is 11.3 Å². The van der Waals surface area contributed by atoms with Crippen LogP contribution in [0.2, 0.25) is 0 Å². The molecular formula is C20H16F2N4O3S2. The van der Waals surface area contributed by atoms with E-state index in [2.05, 4.69) is 15.6 Å². The summed E-state index contributed by atoms with van der Waals surface area (Å²) >= 11 is 2.26. The number of benzene rings is 2. The first-order valence-electron chi connectivity index (χ1n) is 8.92. The maximum atomic E-state index is 12.3. The molecule has 31 heavy (non-hydrogen) atoms. The lowest BCUT2D eigenvalue weighted by Crippen LogP contribution is -2.23. The predicted octanol–water partition coefficient (Wildman–Crippen LogP) is 4.12. The molecule has 3 rings (SSSR count). The first kappa shape index (κ1) is 22.6. The van der Waals surface area contributed by atoms with E-state index >= 15 is 0 Å². The summed E-state index contributed by atoms with van der Waals surface area (Å²) in [5.74, 6) is -1.23. The van der Waals surface area contributed by atoms with Crippen LogP contribution < -0.4 is 10.6 Å². The number of thiazole rings is 1. The zero-order chi connectivity index (χ0) is 22.2. The molecule has 0 aliphatic carbocycles. The number of fused-ring (bicyclic) bond motifs is 1. The van der Waals surface area contributed by atoms with Crippen LogP contribution in [0.4, 0.5) is 20.2 Å². The Morgan fingerprint density at radius 2 is 1.84 bits per heavy atom. The highest BCUT2D eigenvalue weighted by Gasteiger charge is 2.11. The minimum absolute atomic E-state index is 0.321. The summed E-state index contributed by atoms with van der Waals surface area (Å²) < 4.78 is 31.1. The molecule has 0 atom stereocenters. The fourth-order valence-electron chi connectivity index (χ4n) is 2.47. The second-order valence-electron chi connectivity index (χ2n) is 6.15. The van der Waals surface area contributed by atoms with Crippen LogP contribution in [0.1, 0.15) is 5.56 Å². The number of rotatable bonds is 9.